The van der Waals surface area contributed by atoms with E-state index < -0.39 is 6.43 Å². The molecule has 0 rings (SSSR count). The quantitative estimate of drug-likeness (QED) is 0.374. The number of allylic oxidation sites excluding steroid dienone is 1. The normalized spacial score (nSPS) is 11.9. The highest BCUT2D eigenvalue weighted by Gasteiger charge is 2.07. The first-order valence-electron chi connectivity index (χ1n) is 5.17. The Balaban J connectivity index is 4.00. The molecule has 0 aromatic rings. The fraction of sp³-hybridized carbons (Fsp3) is 0.727. The molecule has 0 aliphatic carbocycles. The topological polar surface area (TPSA) is 26.3 Å². The molecule has 0 bridgehead atoms. The molecule has 2 nitrogen and oxygen atoms in total. The molecular formula is C11H18F2O2. The third-order valence-electron chi connectivity index (χ3n) is 1.98. The second-order valence-electron chi connectivity index (χ2n) is 3.29. The van der Waals surface area contributed by atoms with E-state index in [1.807, 2.05) is 6.92 Å². The maximum absolute atomic E-state index is 11.8. The minimum Gasteiger partial charge on any atom is -0.466 e. The SMILES string of the molecule is CCC/C(=C\CCCC(F)F)C(=O)OC. The summed E-state index contributed by atoms with van der Waals surface area (Å²) in [6.07, 6.45) is 1.73. The lowest BCUT2D eigenvalue weighted by molar-refractivity contribution is -0.136. The molecule has 4 heteroatoms. The lowest BCUT2D eigenvalue weighted by atomic mass is 10.1. The number of esters is 1. The van der Waals surface area contributed by atoms with E-state index in [1.54, 1.807) is 6.08 Å². The van der Waals surface area contributed by atoms with E-state index in [1.165, 1.54) is 7.11 Å². The second kappa shape index (κ2) is 8.38. The standard InChI is InChI=1S/C11H18F2O2/c1-3-6-9(11(14)15-2)7-4-5-8-10(12)13/h7,10H,3-6,8H2,1-2H3/b9-7+. The number of alkyl halides is 2. The summed E-state index contributed by atoms with van der Waals surface area (Å²) < 4.78 is 28.2. The number of hydrogen-bond donors (Lipinski definition) is 0. The zero-order chi connectivity index (χ0) is 11.7. The highest BCUT2D eigenvalue weighted by Crippen LogP contribution is 2.11. The van der Waals surface area contributed by atoms with Gasteiger partial charge in [0, 0.05) is 12.0 Å². The van der Waals surface area contributed by atoms with E-state index in [2.05, 4.69) is 4.74 Å². The van der Waals surface area contributed by atoms with Gasteiger partial charge in [-0.2, -0.15) is 0 Å². The van der Waals surface area contributed by atoms with Gasteiger partial charge in [-0.1, -0.05) is 19.4 Å². The predicted octanol–water partition coefficient (Wildman–Crippen LogP) is 3.32. The molecule has 15 heavy (non-hydrogen) atoms. The molecular weight excluding hydrogens is 202 g/mol. The number of hydrogen-bond acceptors (Lipinski definition) is 2. The van der Waals surface area contributed by atoms with Gasteiger partial charge in [-0.3, -0.25) is 0 Å². The molecule has 0 fully saturated rings. The minimum absolute atomic E-state index is 0.114. The predicted molar refractivity (Wildman–Crippen MR) is 54.9 cm³/mol. The zero-order valence-electron chi connectivity index (χ0n) is 9.26. The molecule has 0 aliphatic heterocycles. The van der Waals surface area contributed by atoms with E-state index in [-0.39, 0.29) is 12.4 Å². The van der Waals surface area contributed by atoms with Crippen LogP contribution in [0.5, 0.6) is 0 Å². The summed E-state index contributed by atoms with van der Waals surface area (Å²) in [6, 6.07) is 0. The molecule has 0 saturated heterocycles. The number of methoxy groups -OCH3 is 1. The van der Waals surface area contributed by atoms with Gasteiger partial charge in [-0.05, 0) is 19.3 Å². The van der Waals surface area contributed by atoms with Crippen molar-refractivity contribution in [2.75, 3.05) is 7.11 Å². The fourth-order valence-corrected chi connectivity index (χ4v) is 1.24. The Morgan fingerprint density at radius 1 is 1.47 bits per heavy atom. The van der Waals surface area contributed by atoms with Gasteiger partial charge in [-0.25, -0.2) is 13.6 Å². The molecule has 88 valence electrons. The number of carbonyl (C=O) groups is 1. The van der Waals surface area contributed by atoms with Gasteiger partial charge in [0.05, 0.1) is 7.11 Å². The van der Waals surface area contributed by atoms with Crippen molar-refractivity contribution in [3.05, 3.63) is 11.6 Å². The molecule has 0 aliphatic rings. The first-order valence-corrected chi connectivity index (χ1v) is 5.17. The van der Waals surface area contributed by atoms with E-state index in [9.17, 15) is 13.6 Å². The van der Waals surface area contributed by atoms with Crippen LogP contribution >= 0.6 is 0 Å². The Bertz CT molecular complexity index is 213. The van der Waals surface area contributed by atoms with Crippen molar-refractivity contribution in [1.29, 1.82) is 0 Å². The number of carbonyl (C=O) groups excluding carboxylic acids is 1. The van der Waals surface area contributed by atoms with Crippen molar-refractivity contribution in [3.8, 4) is 0 Å². The second-order valence-corrected chi connectivity index (χ2v) is 3.29. The summed E-state index contributed by atoms with van der Waals surface area (Å²) in [7, 11) is 1.32. The summed E-state index contributed by atoms with van der Waals surface area (Å²) >= 11 is 0. The molecule has 0 N–H and O–H groups in total. The van der Waals surface area contributed by atoms with Crippen LogP contribution in [-0.4, -0.2) is 19.5 Å². The van der Waals surface area contributed by atoms with Crippen LogP contribution in [0.4, 0.5) is 8.78 Å². The van der Waals surface area contributed by atoms with Gasteiger partial charge in [0.25, 0.3) is 0 Å². The summed E-state index contributed by atoms with van der Waals surface area (Å²) in [5.74, 6) is -0.353. The van der Waals surface area contributed by atoms with E-state index >= 15 is 0 Å². The maximum atomic E-state index is 11.8. The molecule has 0 aromatic carbocycles. The van der Waals surface area contributed by atoms with Crippen LogP contribution in [0, 0.1) is 0 Å². The lowest BCUT2D eigenvalue weighted by Crippen LogP contribution is -2.04. The Kier molecular flexibility index (Phi) is 7.86. The van der Waals surface area contributed by atoms with Crippen LogP contribution in [0.25, 0.3) is 0 Å². The van der Waals surface area contributed by atoms with Crippen molar-refractivity contribution >= 4 is 5.97 Å². The lowest BCUT2D eigenvalue weighted by Gasteiger charge is -2.03. The average molecular weight is 220 g/mol. The summed E-state index contributed by atoms with van der Waals surface area (Å²) in [4.78, 5) is 11.2. The van der Waals surface area contributed by atoms with Gasteiger partial charge in [0.1, 0.15) is 0 Å². The molecule has 0 unspecified atom stereocenters. The first kappa shape index (κ1) is 14.1. The van der Waals surface area contributed by atoms with Crippen LogP contribution in [-0.2, 0) is 9.53 Å². The Morgan fingerprint density at radius 3 is 2.60 bits per heavy atom. The van der Waals surface area contributed by atoms with Crippen molar-refractivity contribution < 1.29 is 18.3 Å². The average Bonchev–Trinajstić information content (AvgIpc) is 2.21. The van der Waals surface area contributed by atoms with Crippen molar-refractivity contribution in [1.82, 2.24) is 0 Å². The van der Waals surface area contributed by atoms with E-state index in [4.69, 9.17) is 0 Å². The third-order valence-corrected chi connectivity index (χ3v) is 1.98. The summed E-state index contributed by atoms with van der Waals surface area (Å²) in [5.41, 5.74) is 0.592. The fourth-order valence-electron chi connectivity index (χ4n) is 1.24. The molecule has 0 radical (unpaired) electrons. The van der Waals surface area contributed by atoms with Gasteiger partial charge >= 0.3 is 5.97 Å². The van der Waals surface area contributed by atoms with Crippen LogP contribution < -0.4 is 0 Å². The van der Waals surface area contributed by atoms with E-state index in [0.717, 1.165) is 6.42 Å². The largest absolute Gasteiger partial charge is 0.466 e. The van der Waals surface area contributed by atoms with Gasteiger partial charge in [0.2, 0.25) is 6.43 Å². The molecule has 0 spiro atoms. The van der Waals surface area contributed by atoms with Gasteiger partial charge in [-0.15, -0.1) is 0 Å². The number of ether oxygens (including phenoxy) is 1. The van der Waals surface area contributed by atoms with Crippen LogP contribution in [0.2, 0.25) is 0 Å². The highest BCUT2D eigenvalue weighted by molar-refractivity contribution is 5.88. The van der Waals surface area contributed by atoms with Crippen molar-refractivity contribution in [2.24, 2.45) is 0 Å². The highest BCUT2D eigenvalue weighted by atomic mass is 19.3. The zero-order valence-corrected chi connectivity index (χ0v) is 9.26. The molecule has 0 amide bonds. The van der Waals surface area contributed by atoms with Crippen LogP contribution in [0.15, 0.2) is 11.6 Å². The number of unbranched alkanes of at least 4 members (excludes halogenated alkanes) is 1. The Morgan fingerprint density at radius 2 is 2.13 bits per heavy atom. The number of halogens is 2. The molecule has 0 aromatic heterocycles. The molecule has 0 saturated carbocycles. The maximum Gasteiger partial charge on any atom is 0.333 e. The van der Waals surface area contributed by atoms with Gasteiger partial charge < -0.3 is 4.74 Å². The van der Waals surface area contributed by atoms with Crippen molar-refractivity contribution in [3.63, 3.8) is 0 Å². The molecule has 0 atom stereocenters. The Labute approximate surface area is 89.3 Å². The van der Waals surface area contributed by atoms with Gasteiger partial charge in [0.15, 0.2) is 0 Å². The van der Waals surface area contributed by atoms with Crippen molar-refractivity contribution in [2.45, 2.75) is 45.5 Å². The van der Waals surface area contributed by atoms with E-state index in [0.29, 0.717) is 24.8 Å². The van der Waals surface area contributed by atoms with Crippen LogP contribution in [0.1, 0.15) is 39.0 Å². The first-order chi connectivity index (χ1) is 7.11. The summed E-state index contributed by atoms with van der Waals surface area (Å²) in [6.45, 7) is 1.95. The number of rotatable bonds is 7. The summed E-state index contributed by atoms with van der Waals surface area (Å²) in [5, 5.41) is 0. The monoisotopic (exact) mass is 220 g/mol. The smallest absolute Gasteiger partial charge is 0.333 e. The van der Waals surface area contributed by atoms with Crippen LogP contribution in [0.3, 0.4) is 0 Å². The Hall–Kier alpha value is -0.930. The third kappa shape index (κ3) is 7.05. The molecule has 0 heterocycles. The minimum atomic E-state index is -2.26.